The number of aliphatic imine (C=N–C) groups is 1. The van der Waals surface area contributed by atoms with Gasteiger partial charge < -0.3 is 20.7 Å². The number of ether oxygens (including phenoxy) is 1. The molecule has 2 unspecified atom stereocenters. The minimum atomic E-state index is -1.47. The van der Waals surface area contributed by atoms with E-state index >= 15 is 0 Å². The number of aryl methyl sites for hydroxylation is 1. The number of aliphatic hydroxyl groups excluding tert-OH is 1. The van der Waals surface area contributed by atoms with Gasteiger partial charge in [-0.05, 0) is 19.9 Å². The van der Waals surface area contributed by atoms with Crippen molar-refractivity contribution in [3.8, 4) is 11.8 Å². The Bertz CT molecular complexity index is 643. The Hall–Kier alpha value is -2.21. The van der Waals surface area contributed by atoms with Crippen LogP contribution in [0, 0.1) is 18.3 Å². The van der Waals surface area contributed by atoms with E-state index in [1.165, 1.54) is 6.08 Å². The number of carbonyl (C=O) groups is 1. The van der Waals surface area contributed by atoms with Crippen LogP contribution >= 0.6 is 11.3 Å². The molecular formula is C14H17N3O4S. The van der Waals surface area contributed by atoms with Gasteiger partial charge in [0, 0.05) is 4.88 Å². The lowest BCUT2D eigenvalue weighted by molar-refractivity contribution is 0.0523. The van der Waals surface area contributed by atoms with Gasteiger partial charge in [-0.3, -0.25) is 4.99 Å². The molecule has 0 spiro atoms. The number of nitrogens with zero attached hydrogens (tertiary/aromatic N) is 2. The maximum absolute atomic E-state index is 11.8. The third kappa shape index (κ3) is 3.71. The molecule has 1 heterocycles. The zero-order valence-corrected chi connectivity index (χ0v) is 13.1. The molecule has 1 aromatic heterocycles. The van der Waals surface area contributed by atoms with Crippen molar-refractivity contribution in [2.75, 3.05) is 6.61 Å². The topological polar surface area (TPSA) is 129 Å². The van der Waals surface area contributed by atoms with Crippen molar-refractivity contribution in [2.24, 2.45) is 10.7 Å². The van der Waals surface area contributed by atoms with Crippen molar-refractivity contribution in [1.82, 2.24) is 0 Å². The van der Waals surface area contributed by atoms with Crippen molar-refractivity contribution < 1.29 is 19.7 Å². The van der Waals surface area contributed by atoms with Gasteiger partial charge in [-0.25, -0.2) is 4.79 Å². The number of carbonyl (C=O) groups excluding carboxylic acids is 1. The van der Waals surface area contributed by atoms with Crippen LogP contribution in [-0.4, -0.2) is 40.8 Å². The lowest BCUT2D eigenvalue weighted by atomic mass is 10.2. The predicted octanol–water partition coefficient (Wildman–Crippen LogP) is 1.08. The number of aliphatic hydroxyl groups is 1. The van der Waals surface area contributed by atoms with Crippen LogP contribution in [0.5, 0.6) is 5.75 Å². The summed E-state index contributed by atoms with van der Waals surface area (Å²) in [7, 11) is 0. The molecule has 4 N–H and O–H groups in total. The van der Waals surface area contributed by atoms with Crippen LogP contribution in [0.3, 0.4) is 0 Å². The second-order valence-corrected chi connectivity index (χ2v) is 5.44. The summed E-state index contributed by atoms with van der Waals surface area (Å²) in [5.74, 6) is -0.929. The van der Waals surface area contributed by atoms with Crippen molar-refractivity contribution in [3.63, 3.8) is 0 Å². The van der Waals surface area contributed by atoms with Crippen LogP contribution in [0.4, 0.5) is 0 Å². The Morgan fingerprint density at radius 1 is 1.68 bits per heavy atom. The molecule has 22 heavy (non-hydrogen) atoms. The SMILES string of the molecule is C=CC(=NC(C#N)C(N)O)c1sc(C)c(C(=O)OCC)c1O. The lowest BCUT2D eigenvalue weighted by Gasteiger charge is -2.08. The molecule has 0 aliphatic rings. The number of aromatic hydroxyl groups is 1. The Morgan fingerprint density at radius 3 is 2.77 bits per heavy atom. The van der Waals surface area contributed by atoms with Crippen LogP contribution in [0.1, 0.15) is 27.0 Å². The van der Waals surface area contributed by atoms with Crippen LogP contribution in [0.25, 0.3) is 0 Å². The minimum Gasteiger partial charge on any atom is -0.505 e. The smallest absolute Gasteiger partial charge is 0.343 e. The summed E-state index contributed by atoms with van der Waals surface area (Å²) in [6, 6.07) is 0.534. The molecule has 0 fully saturated rings. The van der Waals surface area contributed by atoms with Crippen molar-refractivity contribution >= 4 is 23.0 Å². The third-order valence-corrected chi connectivity index (χ3v) is 3.82. The zero-order valence-electron chi connectivity index (χ0n) is 12.2. The summed E-state index contributed by atoms with van der Waals surface area (Å²) < 4.78 is 4.89. The number of thiophene rings is 1. The van der Waals surface area contributed by atoms with Crippen molar-refractivity contribution in [3.05, 3.63) is 28.0 Å². The molecule has 0 aliphatic carbocycles. The number of nitriles is 1. The van der Waals surface area contributed by atoms with Gasteiger partial charge in [-0.1, -0.05) is 6.58 Å². The van der Waals surface area contributed by atoms with E-state index in [9.17, 15) is 15.0 Å². The first-order valence-corrected chi connectivity index (χ1v) is 7.22. The first-order valence-electron chi connectivity index (χ1n) is 6.40. The van der Waals surface area contributed by atoms with Crippen LogP contribution in [0.2, 0.25) is 0 Å². The van der Waals surface area contributed by atoms with Gasteiger partial charge in [0.1, 0.15) is 11.8 Å². The molecule has 0 saturated heterocycles. The Morgan fingerprint density at radius 2 is 2.32 bits per heavy atom. The quantitative estimate of drug-likeness (QED) is 0.408. The first kappa shape index (κ1) is 17.8. The number of nitrogens with two attached hydrogens (primary N) is 1. The molecule has 0 saturated carbocycles. The van der Waals surface area contributed by atoms with E-state index in [0.717, 1.165) is 11.3 Å². The summed E-state index contributed by atoms with van der Waals surface area (Å²) in [5.41, 5.74) is 5.47. The molecule has 0 bridgehead atoms. The largest absolute Gasteiger partial charge is 0.505 e. The standard InChI is InChI=1S/C14H17N3O4S/c1-4-8(17-9(6-15)13(16)19)12-11(18)10(7(3)22-12)14(20)21-5-2/h4,9,13,18-19H,1,5,16H2,2-3H3. The van der Waals surface area contributed by atoms with E-state index in [4.69, 9.17) is 15.7 Å². The second kappa shape index (κ2) is 7.70. The van der Waals surface area contributed by atoms with Crippen LogP contribution < -0.4 is 5.73 Å². The molecule has 7 nitrogen and oxygen atoms in total. The highest BCUT2D eigenvalue weighted by atomic mass is 32.1. The van der Waals surface area contributed by atoms with Gasteiger partial charge >= 0.3 is 5.97 Å². The Labute approximate surface area is 132 Å². The van der Waals surface area contributed by atoms with E-state index in [-0.39, 0.29) is 28.5 Å². The van der Waals surface area contributed by atoms with Gasteiger partial charge in [0.05, 0.1) is 23.3 Å². The number of hydrogen-bond donors (Lipinski definition) is 3. The fraction of sp³-hybridized carbons (Fsp3) is 0.357. The molecule has 1 aromatic rings. The van der Waals surface area contributed by atoms with Crippen LogP contribution in [0.15, 0.2) is 17.6 Å². The van der Waals surface area contributed by atoms with E-state index < -0.39 is 18.2 Å². The van der Waals surface area contributed by atoms with E-state index in [1.807, 2.05) is 0 Å². The summed E-state index contributed by atoms with van der Waals surface area (Å²) in [6.07, 6.45) is -0.153. The minimum absolute atomic E-state index is 0.0539. The fourth-order valence-electron chi connectivity index (χ4n) is 1.69. The van der Waals surface area contributed by atoms with Gasteiger partial charge in [0.15, 0.2) is 11.8 Å². The number of esters is 1. The third-order valence-electron chi connectivity index (χ3n) is 2.70. The summed E-state index contributed by atoms with van der Waals surface area (Å²) in [4.78, 5) is 16.6. The molecule has 2 atom stereocenters. The summed E-state index contributed by atoms with van der Waals surface area (Å²) in [6.45, 7) is 7.06. The van der Waals surface area contributed by atoms with Gasteiger partial charge in [0.2, 0.25) is 0 Å². The first-order chi connectivity index (χ1) is 10.4. The predicted molar refractivity (Wildman–Crippen MR) is 83.0 cm³/mol. The molecule has 118 valence electrons. The summed E-state index contributed by atoms with van der Waals surface area (Å²) in [5, 5.41) is 28.4. The zero-order chi connectivity index (χ0) is 16.9. The van der Waals surface area contributed by atoms with Gasteiger partial charge in [-0.15, -0.1) is 11.3 Å². The van der Waals surface area contributed by atoms with Gasteiger partial charge in [-0.2, -0.15) is 5.26 Å². The molecule has 1 rings (SSSR count). The maximum Gasteiger partial charge on any atom is 0.343 e. The molecule has 0 aromatic carbocycles. The maximum atomic E-state index is 11.8. The number of hydrogen-bond acceptors (Lipinski definition) is 8. The average molecular weight is 323 g/mol. The highest BCUT2D eigenvalue weighted by molar-refractivity contribution is 7.15. The van der Waals surface area contributed by atoms with E-state index in [1.54, 1.807) is 19.9 Å². The molecule has 0 amide bonds. The van der Waals surface area contributed by atoms with Crippen LogP contribution in [-0.2, 0) is 4.74 Å². The molecule has 8 heteroatoms. The Balaban J connectivity index is 3.34. The van der Waals surface area contributed by atoms with E-state index in [2.05, 4.69) is 11.6 Å². The summed E-state index contributed by atoms with van der Waals surface area (Å²) >= 11 is 1.11. The normalized spacial score (nSPS) is 14.0. The Kier molecular flexibility index (Phi) is 6.24. The molecular weight excluding hydrogens is 306 g/mol. The highest BCUT2D eigenvalue weighted by Crippen LogP contribution is 2.35. The van der Waals surface area contributed by atoms with E-state index in [0.29, 0.717) is 4.88 Å². The highest BCUT2D eigenvalue weighted by Gasteiger charge is 2.25. The monoisotopic (exact) mass is 323 g/mol. The van der Waals surface area contributed by atoms with Crippen molar-refractivity contribution in [2.45, 2.75) is 26.1 Å². The lowest BCUT2D eigenvalue weighted by Crippen LogP contribution is -2.32. The molecule has 0 radical (unpaired) electrons. The average Bonchev–Trinajstić information content (AvgIpc) is 2.75. The number of rotatable bonds is 6. The fourth-order valence-corrected chi connectivity index (χ4v) is 2.71. The number of allylic oxidation sites excluding steroid dienone is 1. The second-order valence-electron chi connectivity index (χ2n) is 4.21. The van der Waals surface area contributed by atoms with Gasteiger partial charge in [0.25, 0.3) is 0 Å². The van der Waals surface area contributed by atoms with Crippen molar-refractivity contribution in [1.29, 1.82) is 5.26 Å². The molecule has 0 aliphatic heterocycles.